The smallest absolute Gasteiger partial charge is 0.339 e. The van der Waals surface area contributed by atoms with Crippen molar-refractivity contribution in [2.75, 3.05) is 6.61 Å². The fourth-order valence-corrected chi connectivity index (χ4v) is 3.59. The zero-order valence-electron chi connectivity index (χ0n) is 16.1. The third-order valence-corrected chi connectivity index (χ3v) is 4.91. The summed E-state index contributed by atoms with van der Waals surface area (Å²) in [5, 5.41) is 12.6. The first-order valence-electron chi connectivity index (χ1n) is 9.58. The molecule has 0 aliphatic heterocycles. The van der Waals surface area contributed by atoms with E-state index in [9.17, 15) is 19.5 Å². The normalized spacial score (nSPS) is 14.5. The molecule has 0 saturated carbocycles. The number of aliphatic carboxylic acids is 1. The Labute approximate surface area is 162 Å². The molecule has 3 rings (SSSR count). The second kappa shape index (κ2) is 8.46. The van der Waals surface area contributed by atoms with E-state index in [2.05, 4.69) is 5.32 Å². The number of nitrogens with one attached hydrogen (secondary N) is 1. The van der Waals surface area contributed by atoms with Gasteiger partial charge in [-0.1, -0.05) is 13.8 Å². The molecule has 1 aliphatic carbocycles. The molecule has 1 aromatic heterocycles. The molecule has 1 atom stereocenters. The molecule has 0 saturated heterocycles. The Bertz CT molecular complexity index is 946. The van der Waals surface area contributed by atoms with Crippen molar-refractivity contribution >= 4 is 22.8 Å². The molecule has 1 aromatic carbocycles. The summed E-state index contributed by atoms with van der Waals surface area (Å²) in [5.41, 5.74) is 1.93. The number of ether oxygens (including phenoxy) is 1. The van der Waals surface area contributed by atoms with Crippen LogP contribution in [0.15, 0.2) is 27.4 Å². The highest BCUT2D eigenvalue weighted by atomic mass is 16.5. The predicted molar refractivity (Wildman–Crippen MR) is 104 cm³/mol. The minimum Gasteiger partial charge on any atom is -0.484 e. The van der Waals surface area contributed by atoms with E-state index < -0.39 is 17.9 Å². The van der Waals surface area contributed by atoms with E-state index in [4.69, 9.17) is 9.15 Å². The van der Waals surface area contributed by atoms with E-state index in [1.54, 1.807) is 12.1 Å². The van der Waals surface area contributed by atoms with Crippen molar-refractivity contribution in [3.8, 4) is 5.75 Å². The van der Waals surface area contributed by atoms with Gasteiger partial charge in [-0.2, -0.15) is 0 Å². The van der Waals surface area contributed by atoms with Crippen LogP contribution in [0.2, 0.25) is 0 Å². The lowest BCUT2D eigenvalue weighted by Crippen LogP contribution is -2.43. The van der Waals surface area contributed by atoms with Gasteiger partial charge < -0.3 is 19.6 Å². The Morgan fingerprint density at radius 2 is 1.93 bits per heavy atom. The van der Waals surface area contributed by atoms with Crippen molar-refractivity contribution in [3.05, 3.63) is 39.7 Å². The molecule has 28 heavy (non-hydrogen) atoms. The van der Waals surface area contributed by atoms with E-state index in [1.807, 2.05) is 19.9 Å². The van der Waals surface area contributed by atoms with Crippen LogP contribution >= 0.6 is 0 Å². The SMILES string of the molecule is CC(C)C[C@H](NC(=O)COc1ccc2c3c(c(=O)oc2c1)CCCC3)C(=O)O. The first-order chi connectivity index (χ1) is 13.3. The van der Waals surface area contributed by atoms with Crippen LogP contribution in [-0.4, -0.2) is 29.6 Å². The Kier molecular flexibility index (Phi) is 6.02. The molecular formula is C21H25NO6. The van der Waals surface area contributed by atoms with Crippen LogP contribution in [-0.2, 0) is 22.4 Å². The quantitative estimate of drug-likeness (QED) is 0.708. The highest BCUT2D eigenvalue weighted by Crippen LogP contribution is 2.29. The van der Waals surface area contributed by atoms with Gasteiger partial charge in [0.2, 0.25) is 0 Å². The van der Waals surface area contributed by atoms with Crippen molar-refractivity contribution in [2.24, 2.45) is 5.92 Å². The van der Waals surface area contributed by atoms with Gasteiger partial charge in [-0.3, -0.25) is 4.79 Å². The number of hydrogen-bond donors (Lipinski definition) is 2. The van der Waals surface area contributed by atoms with Gasteiger partial charge in [0.1, 0.15) is 17.4 Å². The van der Waals surface area contributed by atoms with E-state index in [0.29, 0.717) is 17.8 Å². The Morgan fingerprint density at radius 1 is 1.21 bits per heavy atom. The van der Waals surface area contributed by atoms with Crippen LogP contribution in [0.5, 0.6) is 5.75 Å². The molecule has 150 valence electrons. The number of hydrogen-bond acceptors (Lipinski definition) is 5. The van der Waals surface area contributed by atoms with Crippen molar-refractivity contribution in [1.29, 1.82) is 0 Å². The fraction of sp³-hybridized carbons (Fsp3) is 0.476. The lowest BCUT2D eigenvalue weighted by atomic mass is 9.91. The zero-order chi connectivity index (χ0) is 20.3. The fourth-order valence-electron chi connectivity index (χ4n) is 3.59. The Hall–Kier alpha value is -2.83. The molecule has 1 amide bonds. The molecule has 2 N–H and O–H groups in total. The van der Waals surface area contributed by atoms with Crippen molar-refractivity contribution < 1.29 is 23.8 Å². The first kappa shape index (κ1) is 19.9. The van der Waals surface area contributed by atoms with Gasteiger partial charge in [0.05, 0.1) is 0 Å². The molecule has 7 heteroatoms. The maximum Gasteiger partial charge on any atom is 0.339 e. The Morgan fingerprint density at radius 3 is 2.61 bits per heavy atom. The van der Waals surface area contributed by atoms with Crippen LogP contribution in [0.4, 0.5) is 0 Å². The number of fused-ring (bicyclic) bond motifs is 3. The van der Waals surface area contributed by atoms with Crippen molar-refractivity contribution in [3.63, 3.8) is 0 Å². The monoisotopic (exact) mass is 387 g/mol. The van der Waals surface area contributed by atoms with E-state index in [-0.39, 0.29) is 18.2 Å². The molecule has 0 radical (unpaired) electrons. The van der Waals surface area contributed by atoms with E-state index in [0.717, 1.165) is 42.2 Å². The maximum atomic E-state index is 12.2. The number of carbonyl (C=O) groups excluding carboxylic acids is 1. The highest BCUT2D eigenvalue weighted by Gasteiger charge is 2.21. The van der Waals surface area contributed by atoms with Crippen LogP contribution in [0.3, 0.4) is 0 Å². The molecule has 1 aliphatic rings. The van der Waals surface area contributed by atoms with Crippen molar-refractivity contribution in [2.45, 2.75) is 52.0 Å². The molecule has 0 bridgehead atoms. The predicted octanol–water partition coefficient (Wildman–Crippen LogP) is 2.67. The second-order valence-corrected chi connectivity index (χ2v) is 7.59. The number of carboxylic acid groups (broad SMARTS) is 1. The molecule has 1 heterocycles. The summed E-state index contributed by atoms with van der Waals surface area (Å²) < 4.78 is 10.9. The molecule has 0 fully saturated rings. The summed E-state index contributed by atoms with van der Waals surface area (Å²) in [6.45, 7) is 3.46. The Balaban J connectivity index is 1.70. The minimum absolute atomic E-state index is 0.136. The average molecular weight is 387 g/mol. The largest absolute Gasteiger partial charge is 0.484 e. The lowest BCUT2D eigenvalue weighted by molar-refractivity contribution is -0.142. The van der Waals surface area contributed by atoms with Gasteiger partial charge in [0, 0.05) is 17.0 Å². The number of carbonyl (C=O) groups is 2. The average Bonchev–Trinajstić information content (AvgIpc) is 2.65. The number of benzene rings is 1. The molecule has 7 nitrogen and oxygen atoms in total. The van der Waals surface area contributed by atoms with E-state index >= 15 is 0 Å². The maximum absolute atomic E-state index is 12.2. The van der Waals surface area contributed by atoms with Gasteiger partial charge in [0.15, 0.2) is 6.61 Å². The molecular weight excluding hydrogens is 362 g/mol. The van der Waals surface area contributed by atoms with E-state index in [1.165, 1.54) is 0 Å². The summed E-state index contributed by atoms with van der Waals surface area (Å²) in [5.74, 6) is -1.06. The number of amides is 1. The van der Waals surface area contributed by atoms with Crippen LogP contribution in [0.25, 0.3) is 11.0 Å². The van der Waals surface area contributed by atoms with Crippen LogP contribution in [0, 0.1) is 5.92 Å². The summed E-state index contributed by atoms with van der Waals surface area (Å²) in [6, 6.07) is 4.22. The minimum atomic E-state index is -1.07. The summed E-state index contributed by atoms with van der Waals surface area (Å²) in [4.78, 5) is 35.5. The lowest BCUT2D eigenvalue weighted by Gasteiger charge is -2.17. The molecule has 0 spiro atoms. The zero-order valence-corrected chi connectivity index (χ0v) is 16.1. The number of rotatable bonds is 7. The standard InChI is InChI=1S/C21H25NO6/c1-12(2)9-17(20(24)25)22-19(23)11-27-13-7-8-15-14-5-3-4-6-16(14)21(26)28-18(15)10-13/h7-8,10,12,17H,3-6,9,11H2,1-2H3,(H,22,23)(H,24,25)/t17-/m0/s1. The van der Waals surface area contributed by atoms with Gasteiger partial charge in [-0.25, -0.2) is 9.59 Å². The number of aryl methyl sites for hydroxylation is 1. The third-order valence-electron chi connectivity index (χ3n) is 4.91. The van der Waals surface area contributed by atoms with Crippen LogP contribution in [0.1, 0.15) is 44.2 Å². The van der Waals surface area contributed by atoms with Gasteiger partial charge in [-0.15, -0.1) is 0 Å². The third kappa shape index (κ3) is 4.52. The summed E-state index contributed by atoms with van der Waals surface area (Å²) in [6.07, 6.45) is 3.98. The van der Waals surface area contributed by atoms with Crippen LogP contribution < -0.4 is 15.7 Å². The number of carboxylic acids is 1. The topological polar surface area (TPSA) is 106 Å². The first-order valence-corrected chi connectivity index (χ1v) is 9.58. The van der Waals surface area contributed by atoms with Crippen molar-refractivity contribution in [1.82, 2.24) is 5.32 Å². The van der Waals surface area contributed by atoms with Gasteiger partial charge in [0.25, 0.3) is 5.91 Å². The summed E-state index contributed by atoms with van der Waals surface area (Å²) in [7, 11) is 0. The molecule has 2 aromatic rings. The van der Waals surface area contributed by atoms with Gasteiger partial charge >= 0.3 is 11.6 Å². The van der Waals surface area contributed by atoms with Gasteiger partial charge in [-0.05, 0) is 55.7 Å². The summed E-state index contributed by atoms with van der Waals surface area (Å²) >= 11 is 0. The highest BCUT2D eigenvalue weighted by molar-refractivity contribution is 5.85. The second-order valence-electron chi connectivity index (χ2n) is 7.59. The molecule has 0 unspecified atom stereocenters.